The summed E-state index contributed by atoms with van der Waals surface area (Å²) in [4.78, 5) is 4.67. The lowest BCUT2D eigenvalue weighted by atomic mass is 9.89. The second-order valence-corrected chi connectivity index (χ2v) is 10.5. The van der Waals surface area contributed by atoms with Gasteiger partial charge in [0.15, 0.2) is 5.82 Å². The van der Waals surface area contributed by atoms with Crippen LogP contribution in [0.3, 0.4) is 0 Å². The summed E-state index contributed by atoms with van der Waals surface area (Å²) in [7, 11) is -2.19. The van der Waals surface area contributed by atoms with Gasteiger partial charge in [-0.05, 0) is 36.4 Å². The molecule has 29 heavy (non-hydrogen) atoms. The number of benzene rings is 1. The SMILES string of the molecule is CN(c1nc2ccccc2n2c(C3CCCCC3)nnc12)S(=O)(=O)c1cccs1. The molecular formula is C20H21N5O2S2. The van der Waals surface area contributed by atoms with Crippen molar-refractivity contribution in [1.82, 2.24) is 19.6 Å². The largest absolute Gasteiger partial charge is 0.274 e. The van der Waals surface area contributed by atoms with E-state index in [1.165, 1.54) is 42.0 Å². The summed E-state index contributed by atoms with van der Waals surface area (Å²) >= 11 is 1.19. The van der Waals surface area contributed by atoms with Crippen molar-refractivity contribution in [2.45, 2.75) is 42.2 Å². The molecule has 1 aliphatic carbocycles. The van der Waals surface area contributed by atoms with Gasteiger partial charge in [-0.25, -0.2) is 17.7 Å². The molecule has 9 heteroatoms. The van der Waals surface area contributed by atoms with Gasteiger partial charge in [-0.15, -0.1) is 21.5 Å². The van der Waals surface area contributed by atoms with Crippen molar-refractivity contribution in [3.63, 3.8) is 0 Å². The van der Waals surface area contributed by atoms with Gasteiger partial charge in [0.2, 0.25) is 5.65 Å². The molecule has 0 radical (unpaired) electrons. The summed E-state index contributed by atoms with van der Waals surface area (Å²) in [5.41, 5.74) is 2.10. The van der Waals surface area contributed by atoms with Crippen molar-refractivity contribution in [3.05, 3.63) is 47.6 Å². The maximum Gasteiger partial charge on any atom is 0.274 e. The molecule has 5 rings (SSSR count). The summed E-state index contributed by atoms with van der Waals surface area (Å²) in [6.07, 6.45) is 5.78. The van der Waals surface area contributed by atoms with Gasteiger partial charge in [-0.2, -0.15) is 0 Å². The maximum absolute atomic E-state index is 13.1. The normalized spacial score (nSPS) is 15.9. The summed E-state index contributed by atoms with van der Waals surface area (Å²) in [5, 5.41) is 10.7. The Bertz CT molecular complexity index is 1280. The van der Waals surface area contributed by atoms with Crippen LogP contribution in [0, 0.1) is 0 Å². The number of para-hydroxylation sites is 2. The Kier molecular flexibility index (Phi) is 4.51. The van der Waals surface area contributed by atoms with E-state index in [9.17, 15) is 8.42 Å². The van der Waals surface area contributed by atoms with Crippen molar-refractivity contribution in [2.75, 3.05) is 11.4 Å². The Balaban J connectivity index is 1.75. The van der Waals surface area contributed by atoms with Gasteiger partial charge in [0, 0.05) is 13.0 Å². The van der Waals surface area contributed by atoms with Gasteiger partial charge in [0.1, 0.15) is 10.0 Å². The minimum atomic E-state index is -3.72. The first-order chi connectivity index (χ1) is 14.1. The predicted octanol–water partition coefficient (Wildman–Crippen LogP) is 4.21. The summed E-state index contributed by atoms with van der Waals surface area (Å²) in [6.45, 7) is 0. The number of anilines is 1. The Labute approximate surface area is 173 Å². The number of rotatable bonds is 4. The van der Waals surface area contributed by atoms with E-state index in [0.29, 0.717) is 17.4 Å². The first kappa shape index (κ1) is 18.5. The van der Waals surface area contributed by atoms with E-state index in [0.717, 1.165) is 29.7 Å². The maximum atomic E-state index is 13.1. The average molecular weight is 428 g/mol. The third-order valence-corrected chi connectivity index (χ3v) is 8.74. The lowest BCUT2D eigenvalue weighted by Crippen LogP contribution is -2.27. The molecular weight excluding hydrogens is 406 g/mol. The van der Waals surface area contributed by atoms with Crippen LogP contribution in [0.15, 0.2) is 46.0 Å². The van der Waals surface area contributed by atoms with Gasteiger partial charge < -0.3 is 0 Å². The average Bonchev–Trinajstić information content (AvgIpc) is 3.44. The van der Waals surface area contributed by atoms with Crippen LogP contribution in [-0.2, 0) is 10.0 Å². The van der Waals surface area contributed by atoms with Crippen LogP contribution in [0.5, 0.6) is 0 Å². The van der Waals surface area contributed by atoms with Crippen molar-refractivity contribution >= 4 is 43.9 Å². The molecule has 4 aromatic rings. The number of fused-ring (bicyclic) bond motifs is 3. The number of nitrogens with zero attached hydrogens (tertiary/aromatic N) is 5. The molecule has 0 N–H and O–H groups in total. The van der Waals surface area contributed by atoms with Crippen LogP contribution < -0.4 is 4.31 Å². The van der Waals surface area contributed by atoms with Crippen LogP contribution in [0.25, 0.3) is 16.7 Å². The second-order valence-electron chi connectivity index (χ2n) is 7.38. The molecule has 0 aliphatic heterocycles. The first-order valence-electron chi connectivity index (χ1n) is 9.73. The van der Waals surface area contributed by atoms with Crippen molar-refractivity contribution in [2.24, 2.45) is 0 Å². The van der Waals surface area contributed by atoms with Crippen LogP contribution in [0.4, 0.5) is 5.82 Å². The smallest absolute Gasteiger partial charge is 0.274 e. The van der Waals surface area contributed by atoms with Crippen molar-refractivity contribution in [1.29, 1.82) is 0 Å². The van der Waals surface area contributed by atoms with Gasteiger partial charge in [0.05, 0.1) is 11.0 Å². The van der Waals surface area contributed by atoms with E-state index < -0.39 is 10.0 Å². The fourth-order valence-corrected chi connectivity index (χ4v) is 6.39. The molecule has 0 spiro atoms. The number of sulfonamides is 1. The van der Waals surface area contributed by atoms with E-state index in [1.807, 2.05) is 28.7 Å². The highest BCUT2D eigenvalue weighted by Gasteiger charge is 2.29. The Morgan fingerprint density at radius 2 is 1.86 bits per heavy atom. The molecule has 0 atom stereocenters. The Morgan fingerprint density at radius 1 is 1.07 bits per heavy atom. The summed E-state index contributed by atoms with van der Waals surface area (Å²) in [5.74, 6) is 1.53. The van der Waals surface area contributed by atoms with Crippen molar-refractivity contribution in [3.8, 4) is 0 Å². The number of thiophene rings is 1. The van der Waals surface area contributed by atoms with E-state index in [1.54, 1.807) is 17.5 Å². The number of aromatic nitrogens is 4. The third-order valence-electron chi connectivity index (χ3n) is 5.62. The zero-order valence-corrected chi connectivity index (χ0v) is 17.7. The van der Waals surface area contributed by atoms with E-state index >= 15 is 0 Å². The predicted molar refractivity (Wildman–Crippen MR) is 114 cm³/mol. The Hall–Kier alpha value is -2.52. The molecule has 1 aliphatic rings. The lowest BCUT2D eigenvalue weighted by molar-refractivity contribution is 0.427. The third kappa shape index (κ3) is 3.00. The first-order valence-corrected chi connectivity index (χ1v) is 12.1. The summed E-state index contributed by atoms with van der Waals surface area (Å²) < 4.78 is 29.7. The van der Waals surface area contributed by atoms with Gasteiger partial charge in [-0.1, -0.05) is 37.5 Å². The highest BCUT2D eigenvalue weighted by atomic mass is 32.2. The zero-order valence-electron chi connectivity index (χ0n) is 16.0. The highest BCUT2D eigenvalue weighted by molar-refractivity contribution is 7.94. The monoisotopic (exact) mass is 427 g/mol. The minimum absolute atomic E-state index is 0.278. The topological polar surface area (TPSA) is 80.5 Å². The van der Waals surface area contributed by atoms with Crippen LogP contribution >= 0.6 is 11.3 Å². The molecule has 0 saturated heterocycles. The zero-order chi connectivity index (χ0) is 20.0. The number of hydrogen-bond acceptors (Lipinski definition) is 6. The lowest BCUT2D eigenvalue weighted by Gasteiger charge is -2.22. The molecule has 1 aromatic carbocycles. The van der Waals surface area contributed by atoms with E-state index in [2.05, 4.69) is 15.2 Å². The van der Waals surface area contributed by atoms with Crippen LogP contribution in [0.2, 0.25) is 0 Å². The molecule has 0 unspecified atom stereocenters. The Morgan fingerprint density at radius 3 is 2.62 bits per heavy atom. The van der Waals surface area contributed by atoms with Gasteiger partial charge >= 0.3 is 0 Å². The molecule has 1 fully saturated rings. The van der Waals surface area contributed by atoms with Crippen LogP contribution in [-0.4, -0.2) is 35.0 Å². The highest BCUT2D eigenvalue weighted by Crippen LogP contribution is 2.35. The minimum Gasteiger partial charge on any atom is -0.274 e. The standard InChI is InChI=1S/C20H21N5O2S2/c1-24(29(26,27)17-12-7-13-28-17)19-20-23-22-18(14-8-3-2-4-9-14)25(20)16-11-6-5-10-15(16)21-19/h5-7,10-14H,2-4,8-9H2,1H3. The molecule has 1 saturated carbocycles. The molecule has 7 nitrogen and oxygen atoms in total. The molecule has 3 aromatic heterocycles. The molecule has 150 valence electrons. The molecule has 3 heterocycles. The fourth-order valence-electron chi connectivity index (χ4n) is 4.09. The van der Waals surface area contributed by atoms with Gasteiger partial charge in [-0.3, -0.25) is 4.40 Å². The quantitative estimate of drug-likeness (QED) is 0.487. The van der Waals surface area contributed by atoms with Crippen molar-refractivity contribution < 1.29 is 8.42 Å². The van der Waals surface area contributed by atoms with Gasteiger partial charge in [0.25, 0.3) is 10.0 Å². The fraction of sp³-hybridized carbons (Fsp3) is 0.350. The second kappa shape index (κ2) is 7.07. The summed E-state index contributed by atoms with van der Waals surface area (Å²) in [6, 6.07) is 11.1. The van der Waals surface area contributed by atoms with E-state index in [4.69, 9.17) is 0 Å². The number of hydrogen-bond donors (Lipinski definition) is 0. The van der Waals surface area contributed by atoms with Crippen LogP contribution in [0.1, 0.15) is 43.8 Å². The van der Waals surface area contributed by atoms with E-state index in [-0.39, 0.29) is 4.21 Å². The molecule has 0 amide bonds. The molecule has 0 bridgehead atoms.